The molecule has 0 saturated carbocycles. The highest BCUT2D eigenvalue weighted by Gasteiger charge is 2.23. The van der Waals surface area contributed by atoms with Crippen LogP contribution in [0.15, 0.2) is 66.7 Å². The van der Waals surface area contributed by atoms with E-state index in [0.717, 1.165) is 25.2 Å². The van der Waals surface area contributed by atoms with Crippen LogP contribution in [0.25, 0.3) is 22.2 Å². The first-order valence-corrected chi connectivity index (χ1v) is 11.7. The van der Waals surface area contributed by atoms with E-state index in [0.29, 0.717) is 28.7 Å². The van der Waals surface area contributed by atoms with Gasteiger partial charge in [-0.05, 0) is 52.8 Å². The van der Waals surface area contributed by atoms with Crippen LogP contribution in [0.1, 0.15) is 5.56 Å². The molecule has 1 aliphatic heterocycles. The minimum atomic E-state index is 0.0486. The Hall–Kier alpha value is -3.00. The highest BCUT2D eigenvalue weighted by molar-refractivity contribution is 7.71. The van der Waals surface area contributed by atoms with Crippen LogP contribution >= 0.6 is 23.8 Å². The minimum absolute atomic E-state index is 0.0486. The molecular weight excluding hydrogens is 454 g/mol. The lowest BCUT2D eigenvalue weighted by molar-refractivity contribution is -0.133. The Morgan fingerprint density at radius 2 is 1.70 bits per heavy atom. The molecule has 6 nitrogen and oxygen atoms in total. The second kappa shape index (κ2) is 9.47. The zero-order chi connectivity index (χ0) is 22.8. The number of nitrogens with zero attached hydrogens (tertiary/aromatic N) is 4. The first kappa shape index (κ1) is 21.8. The Morgan fingerprint density at radius 1 is 0.970 bits per heavy atom. The van der Waals surface area contributed by atoms with Gasteiger partial charge in [0, 0.05) is 43.3 Å². The molecule has 0 bridgehead atoms. The van der Waals surface area contributed by atoms with Crippen LogP contribution < -0.4 is 0 Å². The zero-order valence-corrected chi connectivity index (χ0v) is 19.6. The van der Waals surface area contributed by atoms with Crippen molar-refractivity contribution in [1.82, 2.24) is 24.6 Å². The Morgan fingerprint density at radius 3 is 2.48 bits per heavy atom. The first-order valence-electron chi connectivity index (χ1n) is 11.0. The van der Waals surface area contributed by atoms with Gasteiger partial charge in [-0.2, -0.15) is 5.10 Å². The van der Waals surface area contributed by atoms with E-state index in [2.05, 4.69) is 57.6 Å². The molecule has 1 N–H and O–H groups in total. The number of aromatic amines is 1. The molecule has 4 aromatic rings. The average molecular weight is 478 g/mol. The maximum atomic E-state index is 13.1. The van der Waals surface area contributed by atoms with Gasteiger partial charge in [0.05, 0.1) is 0 Å². The van der Waals surface area contributed by atoms with Crippen LogP contribution in [-0.4, -0.2) is 56.7 Å². The maximum Gasteiger partial charge on any atom is 0.242 e. The molecule has 1 aliphatic rings. The fourth-order valence-corrected chi connectivity index (χ4v) is 4.67. The average Bonchev–Trinajstić information content (AvgIpc) is 3.20. The molecule has 1 aromatic heterocycles. The molecule has 0 aliphatic carbocycles. The minimum Gasteiger partial charge on any atom is -0.339 e. The number of hydrogen-bond acceptors (Lipinski definition) is 4. The molecule has 8 heteroatoms. The molecule has 2 heterocycles. The summed E-state index contributed by atoms with van der Waals surface area (Å²) in [5, 5.41) is 10.3. The Bertz CT molecular complexity index is 1330. The smallest absolute Gasteiger partial charge is 0.242 e. The van der Waals surface area contributed by atoms with E-state index in [1.165, 1.54) is 16.3 Å². The summed E-state index contributed by atoms with van der Waals surface area (Å²) in [5.74, 6) is 0.687. The normalized spacial score (nSPS) is 14.6. The molecular formula is C25H24ClN5OS. The maximum absolute atomic E-state index is 13.1. The summed E-state index contributed by atoms with van der Waals surface area (Å²) in [6.45, 7) is 4.13. The number of halogens is 1. The van der Waals surface area contributed by atoms with Crippen molar-refractivity contribution in [1.29, 1.82) is 0 Å². The van der Waals surface area contributed by atoms with E-state index in [-0.39, 0.29) is 12.5 Å². The Kier molecular flexibility index (Phi) is 6.26. The lowest BCUT2D eigenvalue weighted by Gasteiger charge is -2.35. The standard InChI is InChI=1S/C25H24ClN5OS/c26-21-10-8-19(9-11-21)24-27-28-25(33)31(24)17-23(32)30-14-12-29(13-15-30)16-20-6-3-5-18-4-1-2-7-22(18)20/h1-11H,12-17H2,(H,28,33). The number of rotatable bonds is 5. The van der Waals surface area contributed by atoms with Gasteiger partial charge in [-0.15, -0.1) is 0 Å². The van der Waals surface area contributed by atoms with Crippen LogP contribution in [-0.2, 0) is 17.9 Å². The van der Waals surface area contributed by atoms with E-state index in [1.54, 1.807) is 16.7 Å². The number of aromatic nitrogens is 3. The zero-order valence-electron chi connectivity index (χ0n) is 18.1. The third-order valence-corrected chi connectivity index (χ3v) is 6.72. The molecule has 3 aromatic carbocycles. The third kappa shape index (κ3) is 4.71. The molecule has 5 rings (SSSR count). The van der Waals surface area contributed by atoms with Crippen LogP contribution in [0.2, 0.25) is 5.02 Å². The van der Waals surface area contributed by atoms with Gasteiger partial charge in [-0.1, -0.05) is 54.1 Å². The van der Waals surface area contributed by atoms with E-state index < -0.39 is 0 Å². The lowest BCUT2D eigenvalue weighted by Crippen LogP contribution is -2.49. The van der Waals surface area contributed by atoms with Crippen LogP contribution in [0.5, 0.6) is 0 Å². The van der Waals surface area contributed by atoms with Crippen LogP contribution in [0.3, 0.4) is 0 Å². The van der Waals surface area contributed by atoms with Crippen molar-refractivity contribution in [2.45, 2.75) is 13.1 Å². The topological polar surface area (TPSA) is 57.2 Å². The molecule has 1 fully saturated rings. The number of carbonyl (C=O) groups is 1. The van der Waals surface area contributed by atoms with Crippen molar-refractivity contribution in [2.24, 2.45) is 0 Å². The molecule has 0 atom stereocenters. The summed E-state index contributed by atoms with van der Waals surface area (Å²) in [7, 11) is 0. The molecule has 1 saturated heterocycles. The van der Waals surface area contributed by atoms with E-state index in [1.807, 2.05) is 17.0 Å². The van der Waals surface area contributed by atoms with Crippen molar-refractivity contribution < 1.29 is 4.79 Å². The summed E-state index contributed by atoms with van der Waals surface area (Å²) < 4.78 is 2.19. The molecule has 0 spiro atoms. The van der Waals surface area contributed by atoms with E-state index in [4.69, 9.17) is 23.8 Å². The number of carbonyl (C=O) groups excluding carboxylic acids is 1. The number of nitrogens with one attached hydrogen (secondary N) is 1. The fraction of sp³-hybridized carbons (Fsp3) is 0.240. The van der Waals surface area contributed by atoms with Crippen molar-refractivity contribution in [3.63, 3.8) is 0 Å². The van der Waals surface area contributed by atoms with Gasteiger partial charge in [0.2, 0.25) is 5.91 Å². The van der Waals surface area contributed by atoms with Gasteiger partial charge >= 0.3 is 0 Å². The molecule has 0 radical (unpaired) electrons. The number of amides is 1. The van der Waals surface area contributed by atoms with Gasteiger partial charge in [0.15, 0.2) is 10.6 Å². The van der Waals surface area contributed by atoms with Crippen molar-refractivity contribution in [3.8, 4) is 11.4 Å². The fourth-order valence-electron chi connectivity index (χ4n) is 4.35. The largest absolute Gasteiger partial charge is 0.339 e. The van der Waals surface area contributed by atoms with E-state index >= 15 is 0 Å². The SMILES string of the molecule is O=C(Cn1c(-c2ccc(Cl)cc2)n[nH]c1=S)N1CCN(Cc2cccc3ccccc23)CC1. The monoisotopic (exact) mass is 477 g/mol. The predicted octanol–water partition coefficient (Wildman–Crippen LogP) is 4.76. The highest BCUT2D eigenvalue weighted by Crippen LogP contribution is 2.22. The Labute approximate surface area is 202 Å². The number of H-pyrrole nitrogens is 1. The van der Waals surface area contributed by atoms with E-state index in [9.17, 15) is 4.79 Å². The summed E-state index contributed by atoms with van der Waals surface area (Å²) in [6.07, 6.45) is 0. The molecule has 0 unspecified atom stereocenters. The molecule has 33 heavy (non-hydrogen) atoms. The van der Waals surface area contributed by atoms with Crippen molar-refractivity contribution >= 4 is 40.5 Å². The Balaban J connectivity index is 1.23. The quantitative estimate of drug-likeness (QED) is 0.421. The van der Waals surface area contributed by atoms with Gasteiger partial charge in [0.25, 0.3) is 0 Å². The van der Waals surface area contributed by atoms with Crippen molar-refractivity contribution in [3.05, 3.63) is 82.1 Å². The van der Waals surface area contributed by atoms with Gasteiger partial charge in [0.1, 0.15) is 6.54 Å². The van der Waals surface area contributed by atoms with Gasteiger partial charge < -0.3 is 4.90 Å². The number of piperazine rings is 1. The summed E-state index contributed by atoms with van der Waals surface area (Å²) in [4.78, 5) is 17.4. The summed E-state index contributed by atoms with van der Waals surface area (Å²) >= 11 is 11.4. The first-order chi connectivity index (χ1) is 16.1. The predicted molar refractivity (Wildman–Crippen MR) is 134 cm³/mol. The summed E-state index contributed by atoms with van der Waals surface area (Å²) in [5.41, 5.74) is 2.18. The molecule has 1 amide bonds. The lowest BCUT2D eigenvalue weighted by atomic mass is 10.0. The second-order valence-electron chi connectivity index (χ2n) is 8.24. The second-order valence-corrected chi connectivity index (χ2v) is 9.06. The van der Waals surface area contributed by atoms with Crippen molar-refractivity contribution in [2.75, 3.05) is 26.2 Å². The summed E-state index contributed by atoms with van der Waals surface area (Å²) in [6, 6.07) is 22.3. The van der Waals surface area contributed by atoms with Gasteiger partial charge in [-0.25, -0.2) is 0 Å². The number of benzene rings is 3. The number of fused-ring (bicyclic) bond motifs is 1. The van der Waals surface area contributed by atoms with Crippen LogP contribution in [0, 0.1) is 4.77 Å². The highest BCUT2D eigenvalue weighted by atomic mass is 35.5. The molecule has 168 valence electrons. The number of hydrogen-bond donors (Lipinski definition) is 1. The third-order valence-electron chi connectivity index (χ3n) is 6.15. The van der Waals surface area contributed by atoms with Crippen LogP contribution in [0.4, 0.5) is 0 Å². The van der Waals surface area contributed by atoms with Gasteiger partial charge in [-0.3, -0.25) is 19.4 Å².